The maximum absolute atomic E-state index is 4.51. The van der Waals surface area contributed by atoms with Crippen molar-refractivity contribution < 1.29 is 0 Å². The van der Waals surface area contributed by atoms with E-state index in [4.69, 9.17) is 0 Å². The lowest BCUT2D eigenvalue weighted by atomic mass is 9.98. The maximum Gasteiger partial charge on any atom is 0.0783 e. The minimum Gasteiger partial charge on any atom is -0.256 e. The Morgan fingerprint density at radius 2 is 1.62 bits per heavy atom. The van der Waals surface area contributed by atoms with Crippen LogP contribution in [0.15, 0.2) is 42.6 Å². The zero-order chi connectivity index (χ0) is 11.1. The number of rotatable bonds is 0. The molecule has 0 fully saturated rings. The average molecular weight is 207 g/mol. The normalized spacial score (nSPS) is 11.1. The lowest BCUT2D eigenvalue weighted by molar-refractivity contribution is 1.37. The van der Waals surface area contributed by atoms with Crippen molar-refractivity contribution >= 4 is 21.7 Å². The van der Waals surface area contributed by atoms with Gasteiger partial charge in [0.2, 0.25) is 0 Å². The van der Waals surface area contributed by atoms with Crippen molar-refractivity contribution in [3.05, 3.63) is 53.7 Å². The van der Waals surface area contributed by atoms with Crippen LogP contribution in [0, 0.1) is 13.8 Å². The molecule has 2 aromatic carbocycles. The quantitative estimate of drug-likeness (QED) is 0.508. The molecule has 0 saturated heterocycles. The minimum absolute atomic E-state index is 1.11. The molecule has 0 aliphatic heterocycles. The number of benzene rings is 2. The summed E-state index contributed by atoms with van der Waals surface area (Å²) >= 11 is 0. The highest BCUT2D eigenvalue weighted by Crippen LogP contribution is 2.28. The van der Waals surface area contributed by atoms with Gasteiger partial charge in [-0.25, -0.2) is 0 Å². The topological polar surface area (TPSA) is 12.9 Å². The summed E-state index contributed by atoms with van der Waals surface area (Å²) in [5.74, 6) is 0. The lowest BCUT2D eigenvalue weighted by Gasteiger charge is -2.08. The molecule has 78 valence electrons. The van der Waals surface area contributed by atoms with E-state index in [2.05, 4.69) is 49.2 Å². The van der Waals surface area contributed by atoms with Crippen LogP contribution in [0.4, 0.5) is 0 Å². The molecule has 0 amide bonds. The molecule has 0 radical (unpaired) electrons. The van der Waals surface area contributed by atoms with Crippen molar-refractivity contribution in [2.75, 3.05) is 0 Å². The molecule has 0 aliphatic rings. The first-order valence-corrected chi connectivity index (χ1v) is 5.51. The first kappa shape index (κ1) is 9.34. The highest BCUT2D eigenvalue weighted by Gasteiger charge is 2.05. The van der Waals surface area contributed by atoms with Crippen LogP contribution in [-0.2, 0) is 0 Å². The Bertz CT molecular complexity index is 683. The molecular formula is C15H13N. The van der Waals surface area contributed by atoms with Crippen LogP contribution < -0.4 is 0 Å². The summed E-state index contributed by atoms with van der Waals surface area (Å²) in [4.78, 5) is 4.51. The van der Waals surface area contributed by atoms with Gasteiger partial charge in [-0.3, -0.25) is 4.98 Å². The van der Waals surface area contributed by atoms with Crippen molar-refractivity contribution in [1.82, 2.24) is 4.98 Å². The summed E-state index contributed by atoms with van der Waals surface area (Å²) in [6.45, 7) is 4.32. The summed E-state index contributed by atoms with van der Waals surface area (Å²) in [5, 5.41) is 3.77. The van der Waals surface area contributed by atoms with E-state index in [0.29, 0.717) is 0 Å². The van der Waals surface area contributed by atoms with Gasteiger partial charge in [-0.15, -0.1) is 0 Å². The second-order valence-electron chi connectivity index (χ2n) is 4.25. The Labute approximate surface area is 94.7 Å². The van der Waals surface area contributed by atoms with Crippen molar-refractivity contribution in [2.24, 2.45) is 0 Å². The average Bonchev–Trinajstić information content (AvgIpc) is 2.33. The molecule has 3 rings (SSSR count). The van der Waals surface area contributed by atoms with Crippen LogP contribution in [-0.4, -0.2) is 4.98 Å². The molecule has 0 aliphatic carbocycles. The summed E-state index contributed by atoms with van der Waals surface area (Å²) in [6.07, 6.45) is 1.86. The van der Waals surface area contributed by atoms with Crippen LogP contribution in [0.2, 0.25) is 0 Å². The molecule has 1 aromatic heterocycles. The lowest BCUT2D eigenvalue weighted by Crippen LogP contribution is -1.87. The van der Waals surface area contributed by atoms with Gasteiger partial charge in [0.05, 0.1) is 5.52 Å². The van der Waals surface area contributed by atoms with Gasteiger partial charge in [0.1, 0.15) is 0 Å². The number of hydrogen-bond donors (Lipinski definition) is 0. The fourth-order valence-electron chi connectivity index (χ4n) is 2.23. The summed E-state index contributed by atoms with van der Waals surface area (Å²) in [7, 11) is 0. The van der Waals surface area contributed by atoms with Gasteiger partial charge in [0.15, 0.2) is 0 Å². The van der Waals surface area contributed by atoms with Gasteiger partial charge in [0.25, 0.3) is 0 Å². The van der Waals surface area contributed by atoms with Gasteiger partial charge >= 0.3 is 0 Å². The first-order valence-electron chi connectivity index (χ1n) is 5.51. The third-order valence-corrected chi connectivity index (χ3v) is 3.29. The molecule has 0 N–H and O–H groups in total. The zero-order valence-corrected chi connectivity index (χ0v) is 9.49. The first-order chi connectivity index (χ1) is 7.77. The van der Waals surface area contributed by atoms with E-state index in [0.717, 1.165) is 5.52 Å². The maximum atomic E-state index is 4.51. The van der Waals surface area contributed by atoms with Crippen molar-refractivity contribution in [3.63, 3.8) is 0 Å². The molecule has 0 unspecified atom stereocenters. The second kappa shape index (κ2) is 3.31. The molecule has 0 spiro atoms. The Kier molecular flexibility index (Phi) is 1.93. The van der Waals surface area contributed by atoms with Crippen molar-refractivity contribution in [2.45, 2.75) is 13.8 Å². The van der Waals surface area contributed by atoms with Gasteiger partial charge in [-0.05, 0) is 36.4 Å². The minimum atomic E-state index is 1.11. The highest BCUT2D eigenvalue weighted by atomic mass is 14.6. The van der Waals surface area contributed by atoms with Crippen molar-refractivity contribution in [1.29, 1.82) is 0 Å². The highest BCUT2D eigenvalue weighted by molar-refractivity contribution is 6.07. The summed E-state index contributed by atoms with van der Waals surface area (Å²) < 4.78 is 0. The molecule has 1 heterocycles. The number of hydrogen-bond acceptors (Lipinski definition) is 1. The largest absolute Gasteiger partial charge is 0.256 e. The Balaban J connectivity index is 2.63. The predicted molar refractivity (Wildman–Crippen MR) is 68.7 cm³/mol. The number of nitrogens with zero attached hydrogens (tertiary/aromatic N) is 1. The third kappa shape index (κ3) is 1.21. The van der Waals surface area contributed by atoms with E-state index in [1.807, 2.05) is 12.3 Å². The van der Waals surface area contributed by atoms with Gasteiger partial charge < -0.3 is 0 Å². The Morgan fingerprint density at radius 3 is 2.50 bits per heavy atom. The van der Waals surface area contributed by atoms with E-state index >= 15 is 0 Å². The van der Waals surface area contributed by atoms with E-state index in [1.165, 1.54) is 27.3 Å². The fraction of sp³-hybridized carbons (Fsp3) is 0.133. The smallest absolute Gasteiger partial charge is 0.0783 e. The fourth-order valence-corrected chi connectivity index (χ4v) is 2.23. The SMILES string of the molecule is Cc1ccc2ccc3cccnc3c2c1C. The Hall–Kier alpha value is -1.89. The Morgan fingerprint density at radius 1 is 0.875 bits per heavy atom. The van der Waals surface area contributed by atoms with Crippen LogP contribution in [0.5, 0.6) is 0 Å². The van der Waals surface area contributed by atoms with E-state index in [9.17, 15) is 0 Å². The monoisotopic (exact) mass is 207 g/mol. The van der Waals surface area contributed by atoms with E-state index < -0.39 is 0 Å². The molecule has 3 aromatic rings. The van der Waals surface area contributed by atoms with Crippen LogP contribution >= 0.6 is 0 Å². The molecule has 0 saturated carbocycles. The summed E-state index contributed by atoms with van der Waals surface area (Å²) in [6, 6.07) is 12.8. The molecule has 1 heteroatoms. The van der Waals surface area contributed by atoms with Gasteiger partial charge in [-0.1, -0.05) is 30.3 Å². The van der Waals surface area contributed by atoms with Crippen molar-refractivity contribution in [3.8, 4) is 0 Å². The van der Waals surface area contributed by atoms with Crippen LogP contribution in [0.1, 0.15) is 11.1 Å². The second-order valence-corrected chi connectivity index (χ2v) is 4.25. The molecule has 0 atom stereocenters. The number of fused-ring (bicyclic) bond motifs is 3. The van der Waals surface area contributed by atoms with E-state index in [-0.39, 0.29) is 0 Å². The molecular weight excluding hydrogens is 194 g/mol. The number of pyridine rings is 1. The van der Waals surface area contributed by atoms with Crippen LogP contribution in [0.25, 0.3) is 21.7 Å². The molecule has 0 bridgehead atoms. The zero-order valence-electron chi connectivity index (χ0n) is 9.49. The summed E-state index contributed by atoms with van der Waals surface area (Å²) in [5.41, 5.74) is 3.77. The number of aromatic nitrogens is 1. The van der Waals surface area contributed by atoms with Gasteiger partial charge in [0, 0.05) is 17.0 Å². The standard InChI is InChI=1S/C15H13N/c1-10-5-6-12-7-8-13-4-3-9-16-15(13)14(12)11(10)2/h3-9H,1-2H3. The van der Waals surface area contributed by atoms with E-state index in [1.54, 1.807) is 0 Å². The van der Waals surface area contributed by atoms with Crippen LogP contribution in [0.3, 0.4) is 0 Å². The predicted octanol–water partition coefficient (Wildman–Crippen LogP) is 4.00. The third-order valence-electron chi connectivity index (χ3n) is 3.29. The number of aryl methyl sites for hydroxylation is 2. The molecule has 16 heavy (non-hydrogen) atoms. The van der Waals surface area contributed by atoms with Gasteiger partial charge in [-0.2, -0.15) is 0 Å². The molecule has 1 nitrogen and oxygen atoms in total.